The van der Waals surface area contributed by atoms with Crippen LogP contribution in [0.5, 0.6) is 0 Å². The number of esters is 1. The molecule has 0 aliphatic heterocycles. The predicted molar refractivity (Wildman–Crippen MR) is 59.9 cm³/mol. The van der Waals surface area contributed by atoms with Crippen molar-refractivity contribution in [3.63, 3.8) is 0 Å². The Labute approximate surface area is 94.8 Å². The van der Waals surface area contributed by atoms with E-state index in [1.807, 2.05) is 0 Å². The first-order chi connectivity index (χ1) is 7.70. The molecule has 0 spiro atoms. The third-order valence-corrected chi connectivity index (χ3v) is 2.22. The highest BCUT2D eigenvalue weighted by Crippen LogP contribution is 2.10. The lowest BCUT2D eigenvalue weighted by atomic mass is 10.2. The van der Waals surface area contributed by atoms with Gasteiger partial charge in [0.25, 0.3) is 0 Å². The molecule has 16 heavy (non-hydrogen) atoms. The van der Waals surface area contributed by atoms with Crippen LogP contribution in [0.3, 0.4) is 0 Å². The van der Waals surface area contributed by atoms with Crippen molar-refractivity contribution in [2.45, 2.75) is 39.7 Å². The molecule has 0 atom stereocenters. The molecule has 0 saturated heterocycles. The fourth-order valence-corrected chi connectivity index (χ4v) is 1.34. The molecule has 2 N–H and O–H groups in total. The summed E-state index contributed by atoms with van der Waals surface area (Å²) >= 11 is 0. The van der Waals surface area contributed by atoms with E-state index in [0.717, 1.165) is 19.3 Å². The largest absolute Gasteiger partial charge is 0.461 e. The van der Waals surface area contributed by atoms with Crippen molar-refractivity contribution in [1.29, 1.82) is 0 Å². The molecule has 1 heterocycles. The highest BCUT2D eigenvalue weighted by atomic mass is 16.5. The van der Waals surface area contributed by atoms with Crippen molar-refractivity contribution in [3.05, 3.63) is 5.69 Å². The number of aryl methyl sites for hydroxylation is 1. The van der Waals surface area contributed by atoms with Crippen LogP contribution in [0.1, 0.15) is 43.6 Å². The van der Waals surface area contributed by atoms with Gasteiger partial charge in [0.2, 0.25) is 5.69 Å². The minimum absolute atomic E-state index is 0.110. The minimum atomic E-state index is -0.512. The fourth-order valence-electron chi connectivity index (χ4n) is 1.34. The molecule has 0 saturated carbocycles. The van der Waals surface area contributed by atoms with E-state index in [4.69, 9.17) is 10.5 Å². The normalized spacial score (nSPS) is 10.4. The quantitative estimate of drug-likeness (QED) is 0.582. The Morgan fingerprint density at radius 2 is 2.19 bits per heavy atom. The van der Waals surface area contributed by atoms with Crippen LogP contribution in [0, 0.1) is 0 Å². The van der Waals surface area contributed by atoms with Crippen molar-refractivity contribution < 1.29 is 9.53 Å². The number of anilines is 1. The van der Waals surface area contributed by atoms with Crippen LogP contribution >= 0.6 is 0 Å². The molecule has 90 valence electrons. The third kappa shape index (κ3) is 2.95. The number of rotatable bonds is 6. The highest BCUT2D eigenvalue weighted by molar-refractivity contribution is 5.91. The number of hydrogen-bond donors (Lipinski definition) is 1. The van der Waals surface area contributed by atoms with Crippen LogP contribution in [0.25, 0.3) is 0 Å². The van der Waals surface area contributed by atoms with E-state index in [1.165, 1.54) is 0 Å². The predicted octanol–water partition coefficient (Wildman–Crippen LogP) is 1.23. The molecular weight excluding hydrogens is 208 g/mol. The van der Waals surface area contributed by atoms with E-state index in [0.29, 0.717) is 13.2 Å². The Hall–Kier alpha value is -1.59. The fraction of sp³-hybridized carbons (Fsp3) is 0.700. The Kier molecular flexibility index (Phi) is 4.75. The molecule has 6 heteroatoms. The van der Waals surface area contributed by atoms with E-state index in [1.54, 1.807) is 11.6 Å². The molecule has 1 aromatic rings. The lowest BCUT2D eigenvalue weighted by molar-refractivity contribution is 0.0520. The van der Waals surface area contributed by atoms with Crippen molar-refractivity contribution >= 4 is 11.8 Å². The zero-order valence-corrected chi connectivity index (χ0v) is 9.77. The monoisotopic (exact) mass is 226 g/mol. The number of nitrogen functional groups attached to an aromatic ring is 1. The number of ether oxygens (including phenoxy) is 1. The van der Waals surface area contributed by atoms with E-state index in [-0.39, 0.29) is 11.5 Å². The van der Waals surface area contributed by atoms with Crippen LogP contribution in [0.4, 0.5) is 5.82 Å². The van der Waals surface area contributed by atoms with Crippen LogP contribution in [0.15, 0.2) is 0 Å². The van der Waals surface area contributed by atoms with Gasteiger partial charge in [-0.1, -0.05) is 25.0 Å². The molecule has 1 rings (SSSR count). The molecule has 0 aliphatic rings. The second kappa shape index (κ2) is 6.09. The van der Waals surface area contributed by atoms with Crippen molar-refractivity contribution in [2.24, 2.45) is 0 Å². The standard InChI is InChI=1S/C10H18N4O2/c1-3-5-6-7-14-9(11)8(12-13-14)10(15)16-4-2/h3-7,11H2,1-2H3. The molecular formula is C10H18N4O2. The zero-order chi connectivity index (χ0) is 12.0. The third-order valence-electron chi connectivity index (χ3n) is 2.22. The maximum Gasteiger partial charge on any atom is 0.362 e. The summed E-state index contributed by atoms with van der Waals surface area (Å²) in [6.45, 7) is 4.85. The number of aromatic nitrogens is 3. The van der Waals surface area contributed by atoms with Gasteiger partial charge in [-0.05, 0) is 13.3 Å². The lowest BCUT2D eigenvalue weighted by Crippen LogP contribution is -2.10. The number of carbonyl (C=O) groups excluding carboxylic acids is 1. The maximum atomic E-state index is 11.4. The average molecular weight is 226 g/mol. The van der Waals surface area contributed by atoms with Gasteiger partial charge in [0, 0.05) is 6.54 Å². The second-order valence-electron chi connectivity index (χ2n) is 3.47. The number of nitrogens with two attached hydrogens (primary N) is 1. The Bertz CT molecular complexity index is 349. The highest BCUT2D eigenvalue weighted by Gasteiger charge is 2.17. The van der Waals surface area contributed by atoms with Gasteiger partial charge in [0.05, 0.1) is 6.61 Å². The van der Waals surface area contributed by atoms with Crippen molar-refractivity contribution in [3.8, 4) is 0 Å². The summed E-state index contributed by atoms with van der Waals surface area (Å²) in [6, 6.07) is 0. The summed E-state index contributed by atoms with van der Waals surface area (Å²) in [7, 11) is 0. The van der Waals surface area contributed by atoms with E-state index >= 15 is 0 Å². The van der Waals surface area contributed by atoms with Gasteiger partial charge >= 0.3 is 5.97 Å². The lowest BCUT2D eigenvalue weighted by Gasteiger charge is -2.02. The zero-order valence-electron chi connectivity index (χ0n) is 9.77. The van der Waals surface area contributed by atoms with Crippen LogP contribution in [-0.2, 0) is 11.3 Å². The molecule has 0 aliphatic carbocycles. The molecule has 0 unspecified atom stereocenters. The molecule has 0 aromatic carbocycles. The van der Waals surface area contributed by atoms with Gasteiger partial charge in [-0.3, -0.25) is 0 Å². The number of hydrogen-bond acceptors (Lipinski definition) is 5. The molecule has 0 fully saturated rings. The number of carbonyl (C=O) groups is 1. The number of unbranched alkanes of at least 4 members (excludes halogenated alkanes) is 2. The van der Waals surface area contributed by atoms with Crippen LogP contribution < -0.4 is 5.73 Å². The molecule has 0 radical (unpaired) electrons. The van der Waals surface area contributed by atoms with Crippen molar-refractivity contribution in [2.75, 3.05) is 12.3 Å². The summed E-state index contributed by atoms with van der Waals surface area (Å²) in [5, 5.41) is 7.56. The summed E-state index contributed by atoms with van der Waals surface area (Å²) in [6.07, 6.45) is 3.21. The average Bonchev–Trinajstić information content (AvgIpc) is 2.61. The smallest absolute Gasteiger partial charge is 0.362 e. The van der Waals surface area contributed by atoms with E-state index in [2.05, 4.69) is 17.2 Å². The Morgan fingerprint density at radius 3 is 2.81 bits per heavy atom. The van der Waals surface area contributed by atoms with Crippen molar-refractivity contribution in [1.82, 2.24) is 15.0 Å². The van der Waals surface area contributed by atoms with E-state index < -0.39 is 5.97 Å². The van der Waals surface area contributed by atoms with Gasteiger partial charge in [-0.25, -0.2) is 9.48 Å². The molecule has 6 nitrogen and oxygen atoms in total. The van der Waals surface area contributed by atoms with E-state index in [9.17, 15) is 4.79 Å². The van der Waals surface area contributed by atoms with Crippen LogP contribution in [0.2, 0.25) is 0 Å². The first kappa shape index (κ1) is 12.5. The maximum absolute atomic E-state index is 11.4. The topological polar surface area (TPSA) is 83.0 Å². The van der Waals surface area contributed by atoms with Crippen LogP contribution in [-0.4, -0.2) is 27.6 Å². The summed E-state index contributed by atoms with van der Waals surface area (Å²) in [5.74, 6) is -0.226. The molecule has 0 bridgehead atoms. The minimum Gasteiger partial charge on any atom is -0.461 e. The summed E-state index contributed by atoms with van der Waals surface area (Å²) in [4.78, 5) is 11.4. The summed E-state index contributed by atoms with van der Waals surface area (Å²) < 4.78 is 6.36. The van der Waals surface area contributed by atoms with Gasteiger partial charge in [-0.15, -0.1) is 5.10 Å². The first-order valence-corrected chi connectivity index (χ1v) is 5.56. The van der Waals surface area contributed by atoms with Gasteiger partial charge < -0.3 is 10.5 Å². The Morgan fingerprint density at radius 1 is 1.44 bits per heavy atom. The van der Waals surface area contributed by atoms with Gasteiger partial charge in [0.15, 0.2) is 5.82 Å². The first-order valence-electron chi connectivity index (χ1n) is 5.56. The van der Waals surface area contributed by atoms with Gasteiger partial charge in [0.1, 0.15) is 0 Å². The summed E-state index contributed by atoms with van der Waals surface area (Å²) in [5.41, 5.74) is 5.86. The molecule has 0 amide bonds. The number of nitrogens with zero attached hydrogens (tertiary/aromatic N) is 3. The SMILES string of the molecule is CCCCCn1nnc(C(=O)OCC)c1N. The Balaban J connectivity index is 2.64. The van der Waals surface area contributed by atoms with Gasteiger partial charge in [-0.2, -0.15) is 0 Å². The second-order valence-corrected chi connectivity index (χ2v) is 3.47. The molecule has 1 aromatic heterocycles.